The largest absolute Gasteiger partial charge is 0.462 e. The molecule has 208 valence electrons. The lowest BCUT2D eigenvalue weighted by molar-refractivity contribution is -0.159. The molecule has 0 heterocycles. The van der Waals surface area contributed by atoms with Crippen molar-refractivity contribution in [2.45, 2.75) is 188 Å². The Balaban J connectivity index is 3.59. The van der Waals surface area contributed by atoms with Gasteiger partial charge in [0.1, 0.15) is 6.42 Å². The van der Waals surface area contributed by atoms with Crippen LogP contribution in [0.5, 0.6) is 0 Å². The SMILES string of the molecule is CCCCCCCCCCCCC(C)OC(=O)CC(=O)OC(C)CCCCCCCCCCCC. The number of carbonyl (C=O) groups is 2. The molecule has 0 aliphatic rings. The van der Waals surface area contributed by atoms with Crippen molar-refractivity contribution in [2.75, 3.05) is 0 Å². The highest BCUT2D eigenvalue weighted by Gasteiger charge is 2.17. The molecule has 0 N–H and O–H groups in total. The molecule has 0 aromatic heterocycles. The minimum absolute atomic E-state index is 0.131. The summed E-state index contributed by atoms with van der Waals surface area (Å²) in [5, 5.41) is 0. The minimum atomic E-state index is -0.458. The first kappa shape index (κ1) is 33.9. The second-order valence-electron chi connectivity index (χ2n) is 10.7. The molecule has 4 heteroatoms. The molecule has 0 bridgehead atoms. The van der Waals surface area contributed by atoms with Crippen LogP contribution in [0, 0.1) is 0 Å². The monoisotopic (exact) mass is 496 g/mol. The van der Waals surface area contributed by atoms with Crippen molar-refractivity contribution in [3.63, 3.8) is 0 Å². The molecule has 0 fully saturated rings. The molecule has 0 saturated heterocycles. The zero-order valence-corrected chi connectivity index (χ0v) is 24.1. The number of ether oxygens (including phenoxy) is 2. The maximum absolute atomic E-state index is 12.0. The van der Waals surface area contributed by atoms with Gasteiger partial charge >= 0.3 is 11.9 Å². The van der Waals surface area contributed by atoms with Gasteiger partial charge < -0.3 is 9.47 Å². The lowest BCUT2D eigenvalue weighted by Crippen LogP contribution is -2.21. The number of unbranched alkanes of at least 4 members (excludes halogenated alkanes) is 18. The van der Waals surface area contributed by atoms with Gasteiger partial charge in [0.2, 0.25) is 0 Å². The second-order valence-corrected chi connectivity index (χ2v) is 10.7. The van der Waals surface area contributed by atoms with Gasteiger partial charge in [-0.05, 0) is 39.5 Å². The van der Waals surface area contributed by atoms with E-state index in [1.807, 2.05) is 13.8 Å². The van der Waals surface area contributed by atoms with Crippen LogP contribution in [0.3, 0.4) is 0 Å². The third kappa shape index (κ3) is 25.8. The Morgan fingerprint density at radius 1 is 0.457 bits per heavy atom. The third-order valence-corrected chi connectivity index (χ3v) is 6.88. The molecule has 0 aromatic carbocycles. The molecular formula is C31H60O4. The van der Waals surface area contributed by atoms with E-state index in [1.165, 1.54) is 116 Å². The van der Waals surface area contributed by atoms with Crippen molar-refractivity contribution in [1.29, 1.82) is 0 Å². The highest BCUT2D eigenvalue weighted by Crippen LogP contribution is 2.15. The Morgan fingerprint density at radius 3 is 1.00 bits per heavy atom. The summed E-state index contributed by atoms with van der Waals surface area (Å²) in [7, 11) is 0. The van der Waals surface area contributed by atoms with Crippen LogP contribution in [-0.2, 0) is 19.1 Å². The Morgan fingerprint density at radius 2 is 0.714 bits per heavy atom. The molecule has 0 radical (unpaired) electrons. The molecule has 35 heavy (non-hydrogen) atoms. The molecule has 0 aliphatic heterocycles. The highest BCUT2D eigenvalue weighted by atomic mass is 16.6. The summed E-state index contributed by atoms with van der Waals surface area (Å²) >= 11 is 0. The maximum atomic E-state index is 12.0. The number of rotatable bonds is 26. The summed E-state index contributed by atoms with van der Waals surface area (Å²) in [5.74, 6) is -0.915. The number of carbonyl (C=O) groups excluding carboxylic acids is 2. The van der Waals surface area contributed by atoms with E-state index in [0.29, 0.717) is 0 Å². The Bertz CT molecular complexity index is 435. The van der Waals surface area contributed by atoms with Crippen LogP contribution in [0.25, 0.3) is 0 Å². The molecule has 2 unspecified atom stereocenters. The van der Waals surface area contributed by atoms with E-state index in [4.69, 9.17) is 9.47 Å². The predicted octanol–water partition coefficient (Wildman–Crippen LogP) is 9.86. The lowest BCUT2D eigenvalue weighted by atomic mass is 10.0. The molecule has 0 spiro atoms. The van der Waals surface area contributed by atoms with Gasteiger partial charge in [-0.2, -0.15) is 0 Å². The molecule has 0 amide bonds. The van der Waals surface area contributed by atoms with Crippen molar-refractivity contribution >= 4 is 11.9 Å². The van der Waals surface area contributed by atoms with Crippen LogP contribution in [0.15, 0.2) is 0 Å². The average Bonchev–Trinajstić information content (AvgIpc) is 2.81. The van der Waals surface area contributed by atoms with E-state index < -0.39 is 11.9 Å². The summed E-state index contributed by atoms with van der Waals surface area (Å²) in [6, 6.07) is 0. The van der Waals surface area contributed by atoms with E-state index >= 15 is 0 Å². The van der Waals surface area contributed by atoms with Crippen molar-refractivity contribution in [3.8, 4) is 0 Å². The average molecular weight is 497 g/mol. The van der Waals surface area contributed by atoms with E-state index in [2.05, 4.69) is 13.8 Å². The van der Waals surface area contributed by atoms with E-state index in [0.717, 1.165) is 25.7 Å². The molecular weight excluding hydrogens is 436 g/mol. The normalized spacial score (nSPS) is 12.9. The second kappa shape index (κ2) is 26.0. The summed E-state index contributed by atoms with van der Waals surface area (Å²) in [4.78, 5) is 24.1. The van der Waals surface area contributed by atoms with E-state index in [9.17, 15) is 9.59 Å². The van der Waals surface area contributed by atoms with Crippen LogP contribution >= 0.6 is 0 Å². The van der Waals surface area contributed by atoms with Gasteiger partial charge in [-0.25, -0.2) is 0 Å². The quantitative estimate of drug-likeness (QED) is 0.0679. The lowest BCUT2D eigenvalue weighted by Gasteiger charge is -2.15. The van der Waals surface area contributed by atoms with Crippen molar-refractivity contribution in [2.24, 2.45) is 0 Å². The van der Waals surface area contributed by atoms with Crippen molar-refractivity contribution in [1.82, 2.24) is 0 Å². The molecule has 0 aromatic rings. The predicted molar refractivity (Wildman–Crippen MR) is 149 cm³/mol. The zero-order chi connectivity index (χ0) is 26.0. The maximum Gasteiger partial charge on any atom is 0.317 e. The molecule has 0 rings (SSSR count). The van der Waals surface area contributed by atoms with Crippen LogP contribution in [0.2, 0.25) is 0 Å². The topological polar surface area (TPSA) is 52.6 Å². The Hall–Kier alpha value is -1.06. The van der Waals surface area contributed by atoms with Crippen LogP contribution in [-0.4, -0.2) is 24.1 Å². The summed E-state index contributed by atoms with van der Waals surface area (Å²) in [6.07, 6.45) is 27.1. The minimum Gasteiger partial charge on any atom is -0.462 e. The van der Waals surface area contributed by atoms with E-state index in [1.54, 1.807) is 0 Å². The highest BCUT2D eigenvalue weighted by molar-refractivity contribution is 5.91. The number of esters is 2. The standard InChI is InChI=1S/C31H60O4/c1-5-7-9-11-13-15-17-19-21-23-25-28(3)34-30(32)27-31(33)35-29(4)26-24-22-20-18-16-14-12-10-8-6-2/h28-29H,5-27H2,1-4H3. The fraction of sp³-hybridized carbons (Fsp3) is 0.935. The zero-order valence-electron chi connectivity index (χ0n) is 24.1. The Labute approximate surface area is 218 Å². The smallest absolute Gasteiger partial charge is 0.317 e. The van der Waals surface area contributed by atoms with Crippen LogP contribution in [0.1, 0.15) is 175 Å². The first-order chi connectivity index (χ1) is 17.0. The van der Waals surface area contributed by atoms with Gasteiger partial charge in [-0.15, -0.1) is 0 Å². The van der Waals surface area contributed by atoms with Crippen LogP contribution in [0.4, 0.5) is 0 Å². The van der Waals surface area contributed by atoms with Crippen molar-refractivity contribution in [3.05, 3.63) is 0 Å². The Kier molecular flexibility index (Phi) is 25.2. The number of hydrogen-bond donors (Lipinski definition) is 0. The molecule has 0 aliphatic carbocycles. The third-order valence-electron chi connectivity index (χ3n) is 6.88. The van der Waals surface area contributed by atoms with Gasteiger partial charge in [0.15, 0.2) is 0 Å². The van der Waals surface area contributed by atoms with Gasteiger partial charge in [-0.1, -0.05) is 129 Å². The van der Waals surface area contributed by atoms with E-state index in [-0.39, 0.29) is 18.6 Å². The summed E-state index contributed by atoms with van der Waals surface area (Å²) in [6.45, 7) is 8.35. The van der Waals surface area contributed by atoms with Crippen molar-refractivity contribution < 1.29 is 19.1 Å². The van der Waals surface area contributed by atoms with Gasteiger partial charge in [0, 0.05) is 0 Å². The summed E-state index contributed by atoms with van der Waals surface area (Å²) in [5.41, 5.74) is 0. The molecule has 2 atom stereocenters. The first-order valence-electron chi connectivity index (χ1n) is 15.4. The van der Waals surface area contributed by atoms with Gasteiger partial charge in [-0.3, -0.25) is 9.59 Å². The fourth-order valence-electron chi connectivity index (χ4n) is 4.61. The summed E-state index contributed by atoms with van der Waals surface area (Å²) < 4.78 is 10.8. The first-order valence-corrected chi connectivity index (χ1v) is 15.4. The fourth-order valence-corrected chi connectivity index (χ4v) is 4.61. The molecule has 4 nitrogen and oxygen atoms in total. The van der Waals surface area contributed by atoms with Crippen LogP contribution < -0.4 is 0 Å². The van der Waals surface area contributed by atoms with Gasteiger partial charge in [0.05, 0.1) is 12.2 Å². The number of hydrogen-bond acceptors (Lipinski definition) is 4. The molecule has 0 saturated carbocycles. The van der Waals surface area contributed by atoms with Gasteiger partial charge in [0.25, 0.3) is 0 Å².